The van der Waals surface area contributed by atoms with Gasteiger partial charge in [0.2, 0.25) is 5.91 Å². The topological polar surface area (TPSA) is 104 Å². The Kier molecular flexibility index (Phi) is 7.57. The Balaban J connectivity index is 3.58. The summed E-state index contributed by atoms with van der Waals surface area (Å²) < 4.78 is 0. The molecule has 0 aliphatic carbocycles. The number of nitrogens with two attached hydrogens (primary N) is 1. The van der Waals surface area contributed by atoms with Crippen molar-refractivity contribution >= 4 is 11.9 Å². The van der Waals surface area contributed by atoms with Crippen LogP contribution in [0.25, 0.3) is 0 Å². The van der Waals surface area contributed by atoms with E-state index in [0.717, 1.165) is 6.42 Å². The van der Waals surface area contributed by atoms with E-state index in [1.165, 1.54) is 0 Å². The number of imide groups is 1. The molecule has 0 heterocycles. The van der Waals surface area contributed by atoms with Crippen LogP contribution in [0.15, 0.2) is 0 Å². The molecule has 0 aromatic carbocycles. The zero-order valence-electron chi connectivity index (χ0n) is 8.95. The first kappa shape index (κ1) is 13.9. The van der Waals surface area contributed by atoms with Gasteiger partial charge in [0.1, 0.15) is 0 Å². The van der Waals surface area contributed by atoms with Gasteiger partial charge in [0.05, 0.1) is 6.54 Å². The molecule has 88 valence electrons. The van der Waals surface area contributed by atoms with E-state index in [-0.39, 0.29) is 13.2 Å². The van der Waals surface area contributed by atoms with E-state index in [1.54, 1.807) is 0 Å². The summed E-state index contributed by atoms with van der Waals surface area (Å²) in [7, 11) is 0. The number of urea groups is 1. The number of carbonyl (C=O) groups is 2. The molecule has 0 spiro atoms. The fraction of sp³-hybridized carbons (Fsp3) is 0.778. The van der Waals surface area contributed by atoms with Crippen molar-refractivity contribution in [3.63, 3.8) is 0 Å². The number of nitrogens with one attached hydrogen (secondary N) is 2. The number of primary amides is 1. The smallest absolute Gasteiger partial charge is 0.318 e. The highest BCUT2D eigenvalue weighted by Gasteiger charge is 2.07. The van der Waals surface area contributed by atoms with Crippen LogP contribution in [0.3, 0.4) is 0 Å². The molecule has 0 aliphatic heterocycles. The standard InChI is InChI=1S/C9H19N3O3/c1-2-7(3-4-13)5-11-6-8(14)12-9(10)15/h7,11,13H,2-6H2,1H3,(H3,10,12,14,15). The van der Waals surface area contributed by atoms with E-state index in [2.05, 4.69) is 5.32 Å². The van der Waals surface area contributed by atoms with Crippen LogP contribution in [-0.4, -0.2) is 36.7 Å². The van der Waals surface area contributed by atoms with Gasteiger partial charge in [-0.15, -0.1) is 0 Å². The van der Waals surface area contributed by atoms with Crippen molar-refractivity contribution in [1.29, 1.82) is 0 Å². The summed E-state index contributed by atoms with van der Waals surface area (Å²) in [5.41, 5.74) is 4.77. The van der Waals surface area contributed by atoms with Gasteiger partial charge in [-0.3, -0.25) is 10.1 Å². The van der Waals surface area contributed by atoms with E-state index < -0.39 is 11.9 Å². The number of hydrogen-bond donors (Lipinski definition) is 4. The lowest BCUT2D eigenvalue weighted by Gasteiger charge is -2.13. The number of hydrogen-bond acceptors (Lipinski definition) is 4. The first-order chi connectivity index (χ1) is 7.10. The van der Waals surface area contributed by atoms with Gasteiger partial charge in [0.15, 0.2) is 0 Å². The lowest BCUT2D eigenvalue weighted by Crippen LogP contribution is -2.41. The summed E-state index contributed by atoms with van der Waals surface area (Å²) in [6.45, 7) is 2.87. The van der Waals surface area contributed by atoms with Gasteiger partial charge < -0.3 is 16.2 Å². The molecule has 0 radical (unpaired) electrons. The van der Waals surface area contributed by atoms with E-state index in [0.29, 0.717) is 18.9 Å². The molecular formula is C9H19N3O3. The van der Waals surface area contributed by atoms with Crippen LogP contribution in [0.2, 0.25) is 0 Å². The molecule has 6 heteroatoms. The summed E-state index contributed by atoms with van der Waals surface area (Å²) in [6, 6.07) is -0.843. The Hall–Kier alpha value is -1.14. The van der Waals surface area contributed by atoms with Crippen LogP contribution in [-0.2, 0) is 4.79 Å². The second-order valence-electron chi connectivity index (χ2n) is 3.33. The molecule has 0 bridgehead atoms. The van der Waals surface area contributed by atoms with Gasteiger partial charge in [-0.25, -0.2) is 4.79 Å². The molecule has 0 rings (SSSR count). The molecule has 1 atom stereocenters. The Morgan fingerprint density at radius 2 is 2.13 bits per heavy atom. The monoisotopic (exact) mass is 217 g/mol. The summed E-state index contributed by atoms with van der Waals surface area (Å²) in [4.78, 5) is 21.3. The lowest BCUT2D eigenvalue weighted by molar-refractivity contribution is -0.119. The molecule has 0 aromatic rings. The van der Waals surface area contributed by atoms with Crippen LogP contribution >= 0.6 is 0 Å². The maximum atomic E-state index is 11.0. The van der Waals surface area contributed by atoms with Crippen molar-refractivity contribution in [2.45, 2.75) is 19.8 Å². The fourth-order valence-electron chi connectivity index (χ4n) is 1.20. The highest BCUT2D eigenvalue weighted by molar-refractivity contribution is 5.94. The van der Waals surface area contributed by atoms with Gasteiger partial charge in [-0.1, -0.05) is 13.3 Å². The molecule has 1 unspecified atom stereocenters. The molecule has 0 fully saturated rings. The molecule has 5 N–H and O–H groups in total. The van der Waals surface area contributed by atoms with Gasteiger partial charge in [0.25, 0.3) is 0 Å². The maximum Gasteiger partial charge on any atom is 0.318 e. The Labute approximate surface area is 89.2 Å². The van der Waals surface area contributed by atoms with Crippen molar-refractivity contribution in [1.82, 2.24) is 10.6 Å². The van der Waals surface area contributed by atoms with Crippen molar-refractivity contribution in [2.75, 3.05) is 19.7 Å². The molecule has 0 aromatic heterocycles. The predicted octanol–water partition coefficient (Wildman–Crippen LogP) is -0.820. The summed E-state index contributed by atoms with van der Waals surface area (Å²) in [5, 5.41) is 13.6. The predicted molar refractivity (Wildman–Crippen MR) is 56.1 cm³/mol. The Morgan fingerprint density at radius 3 is 2.60 bits per heavy atom. The largest absolute Gasteiger partial charge is 0.396 e. The van der Waals surface area contributed by atoms with Crippen molar-refractivity contribution < 1.29 is 14.7 Å². The zero-order chi connectivity index (χ0) is 11.7. The number of carbonyl (C=O) groups excluding carboxylic acids is 2. The highest BCUT2D eigenvalue weighted by Crippen LogP contribution is 2.04. The van der Waals surface area contributed by atoms with Crippen molar-refractivity contribution in [3.8, 4) is 0 Å². The highest BCUT2D eigenvalue weighted by atomic mass is 16.3. The molecule has 0 saturated heterocycles. The summed E-state index contributed by atoms with van der Waals surface area (Å²) in [6.07, 6.45) is 1.64. The van der Waals surface area contributed by atoms with Gasteiger partial charge in [-0.2, -0.15) is 0 Å². The average molecular weight is 217 g/mol. The van der Waals surface area contributed by atoms with E-state index in [1.807, 2.05) is 12.2 Å². The lowest BCUT2D eigenvalue weighted by atomic mass is 10.0. The third kappa shape index (κ3) is 7.90. The zero-order valence-corrected chi connectivity index (χ0v) is 8.95. The maximum absolute atomic E-state index is 11.0. The Bertz CT molecular complexity index is 209. The number of rotatable bonds is 7. The molecule has 0 saturated carbocycles. The normalized spacial score (nSPS) is 12.1. The summed E-state index contributed by atoms with van der Waals surface area (Å²) in [5.74, 6) is -0.0993. The SMILES string of the molecule is CCC(CCO)CNCC(=O)NC(N)=O. The quantitative estimate of drug-likeness (QED) is 0.447. The fourth-order valence-corrected chi connectivity index (χ4v) is 1.20. The number of amides is 3. The second kappa shape index (κ2) is 8.19. The van der Waals surface area contributed by atoms with Crippen LogP contribution in [0.4, 0.5) is 4.79 Å². The number of aliphatic hydroxyl groups is 1. The van der Waals surface area contributed by atoms with Gasteiger partial charge >= 0.3 is 6.03 Å². The minimum absolute atomic E-state index is 0.0604. The van der Waals surface area contributed by atoms with E-state index >= 15 is 0 Å². The second-order valence-corrected chi connectivity index (χ2v) is 3.33. The Morgan fingerprint density at radius 1 is 1.47 bits per heavy atom. The molecule has 15 heavy (non-hydrogen) atoms. The third-order valence-electron chi connectivity index (χ3n) is 2.10. The van der Waals surface area contributed by atoms with Crippen LogP contribution < -0.4 is 16.4 Å². The van der Waals surface area contributed by atoms with Crippen molar-refractivity contribution in [2.24, 2.45) is 11.7 Å². The minimum atomic E-state index is -0.843. The summed E-state index contributed by atoms with van der Waals surface area (Å²) >= 11 is 0. The molecule has 0 aliphatic rings. The molecule has 6 nitrogen and oxygen atoms in total. The van der Waals surface area contributed by atoms with Crippen molar-refractivity contribution in [3.05, 3.63) is 0 Å². The molecular weight excluding hydrogens is 198 g/mol. The third-order valence-corrected chi connectivity index (χ3v) is 2.10. The van der Waals surface area contributed by atoms with E-state index in [4.69, 9.17) is 10.8 Å². The minimum Gasteiger partial charge on any atom is -0.396 e. The van der Waals surface area contributed by atoms with Gasteiger partial charge in [0, 0.05) is 6.61 Å². The van der Waals surface area contributed by atoms with E-state index in [9.17, 15) is 9.59 Å². The first-order valence-corrected chi connectivity index (χ1v) is 5.01. The first-order valence-electron chi connectivity index (χ1n) is 5.01. The van der Waals surface area contributed by atoms with Crippen LogP contribution in [0, 0.1) is 5.92 Å². The molecule has 3 amide bonds. The van der Waals surface area contributed by atoms with Crippen LogP contribution in [0.5, 0.6) is 0 Å². The van der Waals surface area contributed by atoms with Crippen LogP contribution in [0.1, 0.15) is 19.8 Å². The number of aliphatic hydroxyl groups excluding tert-OH is 1. The van der Waals surface area contributed by atoms with Gasteiger partial charge in [-0.05, 0) is 18.9 Å². The average Bonchev–Trinajstić information content (AvgIpc) is 2.15.